The van der Waals surface area contributed by atoms with Gasteiger partial charge in [0.1, 0.15) is 12.2 Å². The number of benzene rings is 1. The van der Waals surface area contributed by atoms with Gasteiger partial charge >= 0.3 is 6.09 Å². The van der Waals surface area contributed by atoms with Crippen molar-refractivity contribution in [1.29, 1.82) is 0 Å². The predicted octanol–water partition coefficient (Wildman–Crippen LogP) is 1.55. The summed E-state index contributed by atoms with van der Waals surface area (Å²) in [6.07, 6.45) is 2.71. The van der Waals surface area contributed by atoms with Crippen LogP contribution in [0.3, 0.4) is 0 Å². The molecule has 1 amide bonds. The molecule has 0 bridgehead atoms. The molecule has 1 atom stereocenters. The summed E-state index contributed by atoms with van der Waals surface area (Å²) in [7, 11) is 1.77. The lowest BCUT2D eigenvalue weighted by molar-refractivity contribution is 0.0528. The standard InChI is InChI=1S/C15H19N3O3/c1-15(20,13-8-17-18(2)9-13)11-16-14(19)21-10-12-6-4-3-5-7-12/h3-9,20H,10-11H2,1-2H3,(H,16,19). The molecular formula is C15H19N3O3. The number of nitrogens with one attached hydrogen (secondary N) is 1. The molecule has 1 aromatic heterocycles. The second-order valence-corrected chi connectivity index (χ2v) is 5.09. The lowest BCUT2D eigenvalue weighted by Gasteiger charge is -2.22. The number of carbonyl (C=O) groups is 1. The number of hydrogen-bond donors (Lipinski definition) is 2. The van der Waals surface area contributed by atoms with Gasteiger partial charge in [-0.2, -0.15) is 5.10 Å². The second-order valence-electron chi connectivity index (χ2n) is 5.09. The number of aryl methyl sites for hydroxylation is 1. The highest BCUT2D eigenvalue weighted by atomic mass is 16.5. The molecule has 112 valence electrons. The fraction of sp³-hybridized carbons (Fsp3) is 0.333. The van der Waals surface area contributed by atoms with Gasteiger partial charge < -0.3 is 15.2 Å². The maximum atomic E-state index is 11.6. The van der Waals surface area contributed by atoms with E-state index in [9.17, 15) is 9.90 Å². The molecule has 21 heavy (non-hydrogen) atoms. The van der Waals surface area contributed by atoms with Gasteiger partial charge in [0.05, 0.1) is 12.7 Å². The average Bonchev–Trinajstić information content (AvgIpc) is 2.92. The summed E-state index contributed by atoms with van der Waals surface area (Å²) < 4.78 is 6.68. The van der Waals surface area contributed by atoms with E-state index in [-0.39, 0.29) is 13.2 Å². The van der Waals surface area contributed by atoms with E-state index in [0.29, 0.717) is 5.56 Å². The van der Waals surface area contributed by atoms with Crippen LogP contribution in [0.2, 0.25) is 0 Å². The summed E-state index contributed by atoms with van der Waals surface area (Å²) in [4.78, 5) is 11.6. The topological polar surface area (TPSA) is 76.4 Å². The third-order valence-electron chi connectivity index (χ3n) is 3.12. The molecule has 0 aliphatic heterocycles. The Morgan fingerprint density at radius 3 is 2.76 bits per heavy atom. The highest BCUT2D eigenvalue weighted by molar-refractivity contribution is 5.67. The summed E-state index contributed by atoms with van der Waals surface area (Å²) in [6, 6.07) is 9.40. The molecule has 0 fully saturated rings. The van der Waals surface area contributed by atoms with Crippen LogP contribution in [0.15, 0.2) is 42.7 Å². The number of amides is 1. The van der Waals surface area contributed by atoms with Gasteiger partial charge in [-0.1, -0.05) is 30.3 Å². The number of alkyl carbamates (subject to hydrolysis) is 1. The van der Waals surface area contributed by atoms with Crippen molar-refractivity contribution in [3.05, 3.63) is 53.9 Å². The van der Waals surface area contributed by atoms with Crippen LogP contribution in [0.4, 0.5) is 4.79 Å². The zero-order valence-electron chi connectivity index (χ0n) is 12.1. The number of rotatable bonds is 5. The Hall–Kier alpha value is -2.34. The van der Waals surface area contributed by atoms with Gasteiger partial charge in [0, 0.05) is 18.8 Å². The first kappa shape index (κ1) is 15.1. The maximum absolute atomic E-state index is 11.6. The van der Waals surface area contributed by atoms with Crippen molar-refractivity contribution in [2.75, 3.05) is 6.54 Å². The number of ether oxygens (including phenoxy) is 1. The lowest BCUT2D eigenvalue weighted by atomic mass is 10.00. The third-order valence-corrected chi connectivity index (χ3v) is 3.12. The van der Waals surface area contributed by atoms with Crippen molar-refractivity contribution in [3.63, 3.8) is 0 Å². The van der Waals surface area contributed by atoms with Crippen LogP contribution in [-0.4, -0.2) is 27.5 Å². The van der Waals surface area contributed by atoms with Gasteiger partial charge in [-0.05, 0) is 12.5 Å². The van der Waals surface area contributed by atoms with E-state index in [1.54, 1.807) is 31.0 Å². The minimum absolute atomic E-state index is 0.0479. The van der Waals surface area contributed by atoms with Gasteiger partial charge in [-0.25, -0.2) is 4.79 Å². The van der Waals surface area contributed by atoms with Crippen molar-refractivity contribution in [2.24, 2.45) is 7.05 Å². The normalized spacial score (nSPS) is 13.5. The van der Waals surface area contributed by atoms with Gasteiger partial charge in [-0.3, -0.25) is 4.68 Å². The fourth-order valence-corrected chi connectivity index (χ4v) is 1.82. The van der Waals surface area contributed by atoms with Gasteiger partial charge in [-0.15, -0.1) is 0 Å². The number of carbonyl (C=O) groups excluding carboxylic acids is 1. The first-order valence-electron chi connectivity index (χ1n) is 6.63. The van der Waals surface area contributed by atoms with E-state index in [1.807, 2.05) is 30.3 Å². The SMILES string of the molecule is Cn1cc(C(C)(O)CNC(=O)OCc2ccccc2)cn1. The molecule has 0 radical (unpaired) electrons. The largest absolute Gasteiger partial charge is 0.445 e. The molecular weight excluding hydrogens is 270 g/mol. The molecule has 6 nitrogen and oxygen atoms in total. The average molecular weight is 289 g/mol. The van der Waals surface area contributed by atoms with Crippen LogP contribution >= 0.6 is 0 Å². The zero-order valence-corrected chi connectivity index (χ0v) is 12.1. The van der Waals surface area contributed by atoms with Crippen LogP contribution in [0, 0.1) is 0 Å². The van der Waals surface area contributed by atoms with Crippen LogP contribution in [-0.2, 0) is 24.0 Å². The number of aliphatic hydroxyl groups is 1. The highest BCUT2D eigenvalue weighted by Crippen LogP contribution is 2.18. The predicted molar refractivity (Wildman–Crippen MR) is 77.4 cm³/mol. The molecule has 1 heterocycles. The molecule has 0 spiro atoms. The molecule has 6 heteroatoms. The smallest absolute Gasteiger partial charge is 0.407 e. The van der Waals surface area contributed by atoms with E-state index >= 15 is 0 Å². The highest BCUT2D eigenvalue weighted by Gasteiger charge is 2.25. The number of nitrogens with zero attached hydrogens (tertiary/aromatic N) is 2. The van der Waals surface area contributed by atoms with Crippen molar-refractivity contribution in [2.45, 2.75) is 19.1 Å². The monoisotopic (exact) mass is 289 g/mol. The van der Waals surface area contributed by atoms with Crippen molar-refractivity contribution >= 4 is 6.09 Å². The maximum Gasteiger partial charge on any atom is 0.407 e. The Bertz CT molecular complexity index is 593. The molecule has 0 saturated carbocycles. The molecule has 2 N–H and O–H groups in total. The minimum Gasteiger partial charge on any atom is -0.445 e. The quantitative estimate of drug-likeness (QED) is 0.875. The Balaban J connectivity index is 1.81. The van der Waals surface area contributed by atoms with E-state index in [1.165, 1.54) is 0 Å². The molecule has 1 aromatic carbocycles. The van der Waals surface area contributed by atoms with Crippen molar-refractivity contribution in [3.8, 4) is 0 Å². The van der Waals surface area contributed by atoms with E-state index in [2.05, 4.69) is 10.4 Å². The Labute approximate surface area is 123 Å². The molecule has 1 unspecified atom stereocenters. The molecule has 0 aliphatic carbocycles. The summed E-state index contributed by atoms with van der Waals surface area (Å²) in [6.45, 7) is 1.86. The van der Waals surface area contributed by atoms with E-state index in [0.717, 1.165) is 5.56 Å². The first-order chi connectivity index (χ1) is 9.97. The first-order valence-corrected chi connectivity index (χ1v) is 6.63. The Morgan fingerprint density at radius 2 is 2.14 bits per heavy atom. The third kappa shape index (κ3) is 4.32. The van der Waals surface area contributed by atoms with E-state index < -0.39 is 11.7 Å². The van der Waals surface area contributed by atoms with Crippen molar-refractivity contribution < 1.29 is 14.6 Å². The summed E-state index contributed by atoms with van der Waals surface area (Å²) >= 11 is 0. The molecule has 0 saturated heterocycles. The number of hydrogen-bond acceptors (Lipinski definition) is 4. The van der Waals surface area contributed by atoms with Crippen LogP contribution in [0.5, 0.6) is 0 Å². The Kier molecular flexibility index (Phi) is 4.59. The van der Waals surface area contributed by atoms with Crippen LogP contribution < -0.4 is 5.32 Å². The molecule has 2 aromatic rings. The van der Waals surface area contributed by atoms with Crippen LogP contribution in [0.25, 0.3) is 0 Å². The number of aromatic nitrogens is 2. The van der Waals surface area contributed by atoms with Crippen molar-refractivity contribution in [1.82, 2.24) is 15.1 Å². The van der Waals surface area contributed by atoms with Crippen LogP contribution in [0.1, 0.15) is 18.1 Å². The minimum atomic E-state index is -1.19. The fourth-order valence-electron chi connectivity index (χ4n) is 1.82. The lowest BCUT2D eigenvalue weighted by Crippen LogP contribution is -2.38. The molecule has 2 rings (SSSR count). The summed E-state index contributed by atoms with van der Waals surface area (Å²) in [5.74, 6) is 0. The second kappa shape index (κ2) is 6.41. The zero-order chi connectivity index (χ0) is 15.3. The Morgan fingerprint density at radius 1 is 1.43 bits per heavy atom. The van der Waals surface area contributed by atoms with Gasteiger partial charge in [0.2, 0.25) is 0 Å². The van der Waals surface area contributed by atoms with Gasteiger partial charge in [0.15, 0.2) is 0 Å². The molecule has 0 aliphatic rings. The van der Waals surface area contributed by atoms with E-state index in [4.69, 9.17) is 4.74 Å². The van der Waals surface area contributed by atoms with Gasteiger partial charge in [0.25, 0.3) is 0 Å². The summed E-state index contributed by atoms with van der Waals surface area (Å²) in [5, 5.41) is 16.9. The summed E-state index contributed by atoms with van der Waals surface area (Å²) in [5.41, 5.74) is 0.347.